The van der Waals surface area contributed by atoms with E-state index in [4.69, 9.17) is 21.3 Å². The first-order valence-electron chi connectivity index (χ1n) is 12.7. The van der Waals surface area contributed by atoms with E-state index in [0.29, 0.717) is 45.9 Å². The van der Waals surface area contributed by atoms with Crippen molar-refractivity contribution in [2.24, 2.45) is 4.99 Å². The zero-order valence-corrected chi connectivity index (χ0v) is 22.7. The molecule has 0 radical (unpaired) electrons. The normalized spacial score (nSPS) is 13.5. The molecule has 0 saturated heterocycles. The number of hydrogen-bond acceptors (Lipinski definition) is 4. The molecule has 0 aliphatic carbocycles. The van der Waals surface area contributed by atoms with Crippen molar-refractivity contribution < 1.29 is 18.7 Å². The number of aromatic nitrogens is 1. The number of halogens is 2. The highest BCUT2D eigenvalue weighted by Crippen LogP contribution is 2.35. The lowest BCUT2D eigenvalue weighted by Gasteiger charge is -2.21. The van der Waals surface area contributed by atoms with E-state index in [1.165, 1.54) is 18.3 Å². The highest BCUT2D eigenvalue weighted by Gasteiger charge is 2.31. The third-order valence-corrected chi connectivity index (χ3v) is 6.82. The van der Waals surface area contributed by atoms with Gasteiger partial charge in [-0.2, -0.15) is 4.73 Å². The lowest BCUT2D eigenvalue weighted by molar-refractivity contribution is -0.614. The zero-order valence-electron chi connectivity index (χ0n) is 21.9. The average Bonchev–Trinajstić information content (AvgIpc) is 3.30. The molecule has 0 bridgehead atoms. The van der Waals surface area contributed by atoms with Crippen LogP contribution in [0.1, 0.15) is 53.9 Å². The Morgan fingerprint density at radius 1 is 1.08 bits per heavy atom. The van der Waals surface area contributed by atoms with E-state index < -0.39 is 11.6 Å². The Morgan fingerprint density at radius 3 is 2.56 bits per heavy atom. The number of aliphatic imine (C=N–C) groups is 1. The van der Waals surface area contributed by atoms with Gasteiger partial charge in [0.05, 0.1) is 17.2 Å². The van der Waals surface area contributed by atoms with E-state index in [2.05, 4.69) is 0 Å². The summed E-state index contributed by atoms with van der Waals surface area (Å²) in [6, 6.07) is 22.9. The highest BCUT2D eigenvalue weighted by molar-refractivity contribution is 6.31. The number of pyridine rings is 1. The molecule has 5 nitrogen and oxygen atoms in total. The predicted molar refractivity (Wildman–Crippen MR) is 151 cm³/mol. The van der Waals surface area contributed by atoms with Crippen molar-refractivity contribution in [1.82, 2.24) is 0 Å². The van der Waals surface area contributed by atoms with Gasteiger partial charge in [-0.25, -0.2) is 9.18 Å². The van der Waals surface area contributed by atoms with Crippen molar-refractivity contribution in [3.05, 3.63) is 123 Å². The minimum absolute atomic E-state index is 0.320. The van der Waals surface area contributed by atoms with E-state index in [9.17, 15) is 14.4 Å². The van der Waals surface area contributed by atoms with Crippen LogP contribution in [0.25, 0.3) is 11.1 Å². The molecule has 5 rings (SSSR count). The molecular formula is C32H28ClFN2O3. The number of esters is 1. The molecule has 0 fully saturated rings. The maximum atomic E-state index is 13.9. The Morgan fingerprint density at radius 2 is 1.85 bits per heavy atom. The van der Waals surface area contributed by atoms with Gasteiger partial charge in [0.15, 0.2) is 6.20 Å². The van der Waals surface area contributed by atoms with Gasteiger partial charge in [-0.15, -0.1) is 0 Å². The van der Waals surface area contributed by atoms with Gasteiger partial charge >= 0.3 is 5.97 Å². The van der Waals surface area contributed by atoms with E-state index in [1.54, 1.807) is 51.1 Å². The number of hydrogen-bond donors (Lipinski definition) is 0. The van der Waals surface area contributed by atoms with Crippen LogP contribution in [0.5, 0.6) is 0 Å². The van der Waals surface area contributed by atoms with Crippen LogP contribution in [0, 0.1) is 11.0 Å². The first kappa shape index (κ1) is 26.6. The van der Waals surface area contributed by atoms with Crippen LogP contribution in [-0.2, 0) is 17.6 Å². The largest absolute Gasteiger partial charge is 0.618 e. The van der Waals surface area contributed by atoms with Crippen LogP contribution in [0.4, 0.5) is 10.1 Å². The van der Waals surface area contributed by atoms with Crippen LogP contribution in [0.2, 0.25) is 5.02 Å². The van der Waals surface area contributed by atoms with Gasteiger partial charge in [0.25, 0.3) is 0 Å². The highest BCUT2D eigenvalue weighted by atomic mass is 35.5. The topological polar surface area (TPSA) is 65.6 Å². The summed E-state index contributed by atoms with van der Waals surface area (Å²) in [5, 5.41) is 14.0. The Bertz CT molecular complexity index is 1580. The lowest BCUT2D eigenvalue weighted by atomic mass is 9.88. The minimum Gasteiger partial charge on any atom is -0.618 e. The van der Waals surface area contributed by atoms with Crippen molar-refractivity contribution in [1.29, 1.82) is 0 Å². The number of rotatable bonds is 6. The number of benzene rings is 3. The fourth-order valence-corrected chi connectivity index (χ4v) is 4.98. The monoisotopic (exact) mass is 542 g/mol. The summed E-state index contributed by atoms with van der Waals surface area (Å²) in [7, 11) is 0. The molecule has 1 aliphatic heterocycles. The van der Waals surface area contributed by atoms with E-state index in [0.717, 1.165) is 21.6 Å². The second-order valence-corrected chi connectivity index (χ2v) is 11.1. The van der Waals surface area contributed by atoms with E-state index >= 15 is 0 Å². The average molecular weight is 543 g/mol. The van der Waals surface area contributed by atoms with E-state index in [1.807, 2.05) is 36.4 Å². The Kier molecular flexibility index (Phi) is 7.23. The molecule has 198 valence electrons. The predicted octanol–water partition coefficient (Wildman–Crippen LogP) is 7.39. The lowest BCUT2D eigenvalue weighted by Crippen LogP contribution is -2.36. The fraction of sp³-hybridized carbons (Fsp3) is 0.219. The van der Waals surface area contributed by atoms with Crippen molar-refractivity contribution in [3.8, 4) is 11.1 Å². The molecule has 0 saturated carbocycles. The number of ether oxygens (including phenoxy) is 1. The summed E-state index contributed by atoms with van der Waals surface area (Å²) < 4.78 is 20.3. The summed E-state index contributed by atoms with van der Waals surface area (Å²) in [6.45, 7) is 5.39. The van der Waals surface area contributed by atoms with Gasteiger partial charge in [0.2, 0.25) is 5.69 Å². The maximum Gasteiger partial charge on any atom is 0.339 e. The maximum absolute atomic E-state index is 13.9. The molecule has 3 aromatic carbocycles. The molecule has 2 heterocycles. The molecule has 1 aliphatic rings. The van der Waals surface area contributed by atoms with Crippen LogP contribution in [-0.4, -0.2) is 17.3 Å². The van der Waals surface area contributed by atoms with Gasteiger partial charge < -0.3 is 9.94 Å². The number of carbonyl (C=O) groups excluding carboxylic acids is 1. The Labute approximate surface area is 232 Å². The standard InChI is InChI=1S/C32H28ClFN2O3/c1-32(2,3)39-31(37)25-13-11-23(33)17-26(25)22-10-14-30(36(38)19-22)27(15-20-7-5-4-6-8-20)29-16-21-9-12-24(34)18-28(21)35-29/h4-14,17-19,27H,15-16H2,1-3H3. The van der Waals surface area contributed by atoms with Crippen LogP contribution >= 0.6 is 11.6 Å². The quantitative estimate of drug-likeness (QED) is 0.145. The molecule has 4 aromatic rings. The van der Waals surface area contributed by atoms with Gasteiger partial charge in [-0.1, -0.05) is 48.0 Å². The van der Waals surface area contributed by atoms with Gasteiger partial charge in [-0.3, -0.25) is 4.99 Å². The first-order chi connectivity index (χ1) is 18.6. The molecular weight excluding hydrogens is 515 g/mol. The van der Waals surface area contributed by atoms with Crippen molar-refractivity contribution in [3.63, 3.8) is 0 Å². The van der Waals surface area contributed by atoms with Crippen molar-refractivity contribution >= 4 is 29.0 Å². The molecule has 0 spiro atoms. The second kappa shape index (κ2) is 10.6. The van der Waals surface area contributed by atoms with E-state index in [-0.39, 0.29) is 11.7 Å². The summed E-state index contributed by atoms with van der Waals surface area (Å²) >= 11 is 6.28. The SMILES string of the molecule is CC(C)(C)OC(=O)c1ccc(Cl)cc1-c1ccc(C(Cc2ccccc2)C2=Nc3cc(F)ccc3C2)[n+]([O-])c1. The smallest absolute Gasteiger partial charge is 0.339 e. The fourth-order valence-electron chi connectivity index (χ4n) is 4.81. The first-order valence-corrected chi connectivity index (χ1v) is 13.1. The molecule has 1 unspecified atom stereocenters. The van der Waals surface area contributed by atoms with Crippen LogP contribution in [0.3, 0.4) is 0 Å². The van der Waals surface area contributed by atoms with Crippen molar-refractivity contribution in [2.75, 3.05) is 0 Å². The number of carbonyl (C=O) groups is 1. The minimum atomic E-state index is -0.677. The van der Waals surface area contributed by atoms with Gasteiger partial charge in [0.1, 0.15) is 11.4 Å². The molecule has 1 atom stereocenters. The summed E-state index contributed by atoms with van der Waals surface area (Å²) in [5.41, 5.74) is 4.58. The summed E-state index contributed by atoms with van der Waals surface area (Å²) in [5.74, 6) is -1.18. The van der Waals surface area contributed by atoms with Crippen LogP contribution in [0.15, 0.2) is 90.1 Å². The molecule has 1 aromatic heterocycles. The number of fused-ring (bicyclic) bond motifs is 1. The molecule has 7 heteroatoms. The molecule has 0 N–H and O–H groups in total. The number of nitrogens with zero attached hydrogens (tertiary/aromatic N) is 2. The third-order valence-electron chi connectivity index (χ3n) is 6.58. The van der Waals surface area contributed by atoms with Crippen LogP contribution < -0.4 is 4.73 Å². The Balaban J connectivity index is 1.54. The molecule has 39 heavy (non-hydrogen) atoms. The molecule has 0 amide bonds. The summed E-state index contributed by atoms with van der Waals surface area (Å²) in [6.07, 6.45) is 2.54. The van der Waals surface area contributed by atoms with Gasteiger partial charge in [0, 0.05) is 34.3 Å². The third kappa shape index (κ3) is 6.02. The van der Waals surface area contributed by atoms with Crippen molar-refractivity contribution in [2.45, 2.75) is 45.1 Å². The Hall–Kier alpha value is -4.03. The summed E-state index contributed by atoms with van der Waals surface area (Å²) in [4.78, 5) is 17.7. The second-order valence-electron chi connectivity index (χ2n) is 10.7. The van der Waals surface area contributed by atoms with Gasteiger partial charge in [-0.05, 0) is 74.7 Å². The zero-order chi connectivity index (χ0) is 27.7.